The number of piperidine rings is 1. The fourth-order valence-corrected chi connectivity index (χ4v) is 4.97. The van der Waals surface area contributed by atoms with Crippen molar-refractivity contribution in [1.82, 2.24) is 4.90 Å². The van der Waals surface area contributed by atoms with Gasteiger partial charge in [0.2, 0.25) is 0 Å². The lowest BCUT2D eigenvalue weighted by Gasteiger charge is -2.38. The lowest BCUT2D eigenvalue weighted by atomic mass is 9.77. The first-order valence-corrected chi connectivity index (χ1v) is 10.8. The van der Waals surface area contributed by atoms with Gasteiger partial charge in [0.05, 0.1) is 13.2 Å². The van der Waals surface area contributed by atoms with Crippen LogP contribution in [0.5, 0.6) is 0 Å². The van der Waals surface area contributed by atoms with Crippen LogP contribution in [0.2, 0.25) is 0 Å². The second-order valence-electron chi connectivity index (χ2n) is 9.36. The normalized spacial score (nSPS) is 25.1. The highest BCUT2D eigenvalue weighted by molar-refractivity contribution is 5.92. The van der Waals surface area contributed by atoms with Gasteiger partial charge in [0.15, 0.2) is 5.71 Å². The van der Waals surface area contributed by atoms with Crippen LogP contribution in [0.1, 0.15) is 45.1 Å². The quantitative estimate of drug-likeness (QED) is 0.463. The zero-order valence-corrected chi connectivity index (χ0v) is 19.7. The summed E-state index contributed by atoms with van der Waals surface area (Å²) in [7, 11) is 0. The SMILES string of the molecule is CC1(C)CC(N2CCOCC2)=CC(=[N+]2CCC(Cc3ccccc3)CC2)C1.[I-]. The molecule has 0 unspecified atom stereocenters. The van der Waals surface area contributed by atoms with E-state index in [0.717, 1.165) is 32.2 Å². The summed E-state index contributed by atoms with van der Waals surface area (Å²) in [6.45, 7) is 11.1. The van der Waals surface area contributed by atoms with Crippen molar-refractivity contribution in [2.24, 2.45) is 11.3 Å². The van der Waals surface area contributed by atoms with Gasteiger partial charge in [-0.1, -0.05) is 44.2 Å². The molecule has 3 aliphatic rings. The number of rotatable bonds is 3. The number of nitrogens with zero attached hydrogens (tertiary/aromatic N) is 2. The summed E-state index contributed by atoms with van der Waals surface area (Å²) in [5.41, 5.74) is 4.97. The summed E-state index contributed by atoms with van der Waals surface area (Å²) >= 11 is 0. The highest BCUT2D eigenvalue weighted by Gasteiger charge is 2.34. The van der Waals surface area contributed by atoms with Crippen molar-refractivity contribution >= 4 is 5.71 Å². The molecule has 0 N–H and O–H groups in total. The van der Waals surface area contributed by atoms with Crippen molar-refractivity contribution < 1.29 is 33.3 Å². The van der Waals surface area contributed by atoms with Crippen LogP contribution in [0, 0.1) is 11.3 Å². The van der Waals surface area contributed by atoms with Crippen molar-refractivity contribution in [3.63, 3.8) is 0 Å². The van der Waals surface area contributed by atoms with Crippen LogP contribution in [0.3, 0.4) is 0 Å². The summed E-state index contributed by atoms with van der Waals surface area (Å²) in [6.07, 6.45) is 8.81. The Morgan fingerprint density at radius 2 is 1.71 bits per heavy atom. The van der Waals surface area contributed by atoms with E-state index in [1.807, 2.05) is 0 Å². The molecule has 4 rings (SSSR count). The maximum Gasteiger partial charge on any atom is 0.178 e. The molecule has 154 valence electrons. The molecule has 2 saturated heterocycles. The molecule has 4 heteroatoms. The Morgan fingerprint density at radius 3 is 2.39 bits per heavy atom. The van der Waals surface area contributed by atoms with Gasteiger partial charge in [0.1, 0.15) is 13.1 Å². The average molecular weight is 494 g/mol. The summed E-state index contributed by atoms with van der Waals surface area (Å²) in [5.74, 6) is 0.837. The predicted octanol–water partition coefficient (Wildman–Crippen LogP) is 1.13. The molecule has 3 nitrogen and oxygen atoms in total. The average Bonchev–Trinajstić information content (AvgIpc) is 2.69. The lowest BCUT2D eigenvalue weighted by Crippen LogP contribution is -3.00. The molecular formula is C24H35IN2O. The zero-order chi connectivity index (χ0) is 18.7. The highest BCUT2D eigenvalue weighted by Crippen LogP contribution is 2.36. The van der Waals surface area contributed by atoms with Gasteiger partial charge < -0.3 is 33.6 Å². The van der Waals surface area contributed by atoms with E-state index in [-0.39, 0.29) is 24.0 Å². The Bertz CT molecular complexity index is 695. The van der Waals surface area contributed by atoms with E-state index >= 15 is 0 Å². The van der Waals surface area contributed by atoms with E-state index < -0.39 is 0 Å². The van der Waals surface area contributed by atoms with Crippen molar-refractivity contribution in [2.75, 3.05) is 39.4 Å². The molecule has 2 fully saturated rings. The molecule has 0 atom stereocenters. The van der Waals surface area contributed by atoms with Gasteiger partial charge in [-0.3, -0.25) is 0 Å². The summed E-state index contributed by atoms with van der Waals surface area (Å²) in [4.78, 5) is 2.56. The first-order valence-electron chi connectivity index (χ1n) is 10.8. The van der Waals surface area contributed by atoms with Crippen molar-refractivity contribution in [2.45, 2.75) is 46.0 Å². The molecule has 1 aromatic rings. The molecule has 1 aliphatic carbocycles. The maximum absolute atomic E-state index is 5.56. The van der Waals surface area contributed by atoms with Crippen LogP contribution < -0.4 is 24.0 Å². The molecule has 28 heavy (non-hydrogen) atoms. The van der Waals surface area contributed by atoms with Crippen LogP contribution in [0.4, 0.5) is 0 Å². The van der Waals surface area contributed by atoms with Crippen molar-refractivity contribution in [1.29, 1.82) is 0 Å². The Hall–Kier alpha value is -0.880. The molecule has 0 radical (unpaired) electrons. The minimum absolute atomic E-state index is 0. The Morgan fingerprint density at radius 1 is 1.04 bits per heavy atom. The van der Waals surface area contributed by atoms with Gasteiger partial charge in [-0.2, -0.15) is 0 Å². The summed E-state index contributed by atoms with van der Waals surface area (Å²) in [5, 5.41) is 0. The highest BCUT2D eigenvalue weighted by atomic mass is 127. The van der Waals surface area contributed by atoms with Gasteiger partial charge in [0, 0.05) is 44.1 Å². The predicted molar refractivity (Wildman–Crippen MR) is 111 cm³/mol. The second-order valence-corrected chi connectivity index (χ2v) is 9.36. The van der Waals surface area contributed by atoms with E-state index in [0.29, 0.717) is 5.41 Å². The van der Waals surface area contributed by atoms with Crippen LogP contribution >= 0.6 is 0 Å². The molecule has 2 aliphatic heterocycles. The fraction of sp³-hybridized carbons (Fsp3) is 0.625. The van der Waals surface area contributed by atoms with Gasteiger partial charge in [-0.25, -0.2) is 4.58 Å². The molecule has 2 heterocycles. The van der Waals surface area contributed by atoms with Crippen LogP contribution in [-0.2, 0) is 11.2 Å². The molecule has 0 amide bonds. The van der Waals surface area contributed by atoms with Crippen LogP contribution in [0.15, 0.2) is 42.1 Å². The van der Waals surface area contributed by atoms with Crippen molar-refractivity contribution in [3.8, 4) is 0 Å². The minimum atomic E-state index is 0. The third kappa shape index (κ3) is 5.59. The summed E-state index contributed by atoms with van der Waals surface area (Å²) in [6, 6.07) is 11.0. The second kappa shape index (κ2) is 9.75. The number of morpholine rings is 1. The number of benzene rings is 1. The fourth-order valence-electron chi connectivity index (χ4n) is 4.97. The number of halogens is 1. The van der Waals surface area contributed by atoms with E-state index in [2.05, 4.69) is 59.7 Å². The van der Waals surface area contributed by atoms with Gasteiger partial charge >= 0.3 is 0 Å². The standard InChI is InChI=1S/C24H35N2O.HI/c1-24(2)18-22(17-23(19-24)26-12-14-27-15-13-26)25-10-8-21(9-11-25)16-20-6-4-3-5-7-20;/h3-7,17,21H,8-16,18-19H2,1-2H3;1H/q+1;/p-1. The molecular weight excluding hydrogens is 459 g/mol. The van der Waals surface area contributed by atoms with Crippen LogP contribution in [-0.4, -0.2) is 54.6 Å². The lowest BCUT2D eigenvalue weighted by molar-refractivity contribution is -0.541. The first kappa shape index (κ1) is 21.8. The molecule has 0 saturated carbocycles. The number of ether oxygens (including phenoxy) is 1. The zero-order valence-electron chi connectivity index (χ0n) is 17.5. The Labute approximate surface area is 187 Å². The Kier molecular flexibility index (Phi) is 7.60. The number of hydrogen-bond donors (Lipinski definition) is 0. The topological polar surface area (TPSA) is 15.5 Å². The van der Waals surface area contributed by atoms with Crippen molar-refractivity contribution in [3.05, 3.63) is 47.7 Å². The minimum Gasteiger partial charge on any atom is -1.00 e. The number of allylic oxidation sites excluding steroid dienone is 2. The maximum atomic E-state index is 5.56. The van der Waals surface area contributed by atoms with Gasteiger partial charge in [0.25, 0.3) is 0 Å². The monoisotopic (exact) mass is 494 g/mol. The third-order valence-electron chi connectivity index (χ3n) is 6.46. The molecule has 0 aromatic heterocycles. The van der Waals surface area contributed by atoms with Gasteiger partial charge in [-0.05, 0) is 29.7 Å². The molecule has 0 spiro atoms. The Balaban J connectivity index is 0.00000225. The van der Waals surface area contributed by atoms with E-state index in [4.69, 9.17) is 4.74 Å². The first-order chi connectivity index (χ1) is 13.1. The van der Waals surface area contributed by atoms with Crippen LogP contribution in [0.25, 0.3) is 0 Å². The smallest absolute Gasteiger partial charge is 0.178 e. The number of hydrogen-bond acceptors (Lipinski definition) is 2. The van der Waals surface area contributed by atoms with E-state index in [1.54, 1.807) is 5.71 Å². The third-order valence-corrected chi connectivity index (χ3v) is 6.46. The largest absolute Gasteiger partial charge is 1.00 e. The van der Waals surface area contributed by atoms with E-state index in [1.165, 1.54) is 56.5 Å². The molecule has 0 bridgehead atoms. The van der Waals surface area contributed by atoms with E-state index in [9.17, 15) is 0 Å². The van der Waals surface area contributed by atoms with Gasteiger partial charge in [-0.15, -0.1) is 0 Å². The summed E-state index contributed by atoms with van der Waals surface area (Å²) < 4.78 is 8.24. The molecule has 1 aromatic carbocycles.